The van der Waals surface area contributed by atoms with Crippen LogP contribution in [0.25, 0.3) is 0 Å². The summed E-state index contributed by atoms with van der Waals surface area (Å²) in [4.78, 5) is 10.7. The van der Waals surface area contributed by atoms with Crippen molar-refractivity contribution in [2.45, 2.75) is 6.92 Å². The molecule has 0 fully saturated rings. The van der Waals surface area contributed by atoms with Crippen LogP contribution in [-0.4, -0.2) is 5.91 Å². The molecule has 70 valence electrons. The van der Waals surface area contributed by atoms with E-state index in [-0.39, 0.29) is 11.6 Å². The van der Waals surface area contributed by atoms with E-state index in [1.165, 1.54) is 6.92 Å². The van der Waals surface area contributed by atoms with Crippen molar-refractivity contribution in [2.24, 2.45) is 0 Å². The number of anilines is 1. The molecule has 0 aliphatic heterocycles. The van der Waals surface area contributed by atoms with E-state index < -0.39 is 5.82 Å². The molecule has 0 atom stereocenters. The molecule has 0 spiro atoms. The molecule has 0 bridgehead atoms. The molecule has 13 heavy (non-hydrogen) atoms. The first-order valence-corrected chi connectivity index (χ1v) is 4.88. The van der Waals surface area contributed by atoms with Crippen LogP contribution >= 0.6 is 34.2 Å². The maximum absolute atomic E-state index is 13.2. The topological polar surface area (TPSA) is 29.1 Å². The van der Waals surface area contributed by atoms with Crippen molar-refractivity contribution in [2.75, 3.05) is 5.32 Å². The molecule has 1 amide bonds. The smallest absolute Gasteiger partial charge is 0.221 e. The Kier molecular flexibility index (Phi) is 3.49. The van der Waals surface area contributed by atoms with Crippen LogP contribution in [0.2, 0.25) is 5.02 Å². The maximum atomic E-state index is 13.2. The third-order valence-corrected chi connectivity index (χ3v) is 2.38. The van der Waals surface area contributed by atoms with Gasteiger partial charge < -0.3 is 5.32 Å². The number of hydrogen-bond acceptors (Lipinski definition) is 1. The highest BCUT2D eigenvalue weighted by atomic mass is 127. The van der Waals surface area contributed by atoms with E-state index in [1.54, 1.807) is 6.07 Å². The summed E-state index contributed by atoms with van der Waals surface area (Å²) in [5.41, 5.74) is 0.178. The Morgan fingerprint density at radius 3 is 2.69 bits per heavy atom. The van der Waals surface area contributed by atoms with Gasteiger partial charge in [-0.25, -0.2) is 4.39 Å². The molecule has 1 rings (SSSR count). The van der Waals surface area contributed by atoms with Crippen LogP contribution in [0.1, 0.15) is 6.92 Å². The third kappa shape index (κ3) is 2.80. The van der Waals surface area contributed by atoms with E-state index in [0.29, 0.717) is 8.59 Å². The molecule has 1 aromatic rings. The van der Waals surface area contributed by atoms with E-state index in [2.05, 4.69) is 5.32 Å². The SMILES string of the molecule is CC(=O)Nc1c(F)cc(Cl)cc1I. The van der Waals surface area contributed by atoms with Crippen molar-refractivity contribution < 1.29 is 9.18 Å². The Morgan fingerprint density at radius 2 is 2.23 bits per heavy atom. The van der Waals surface area contributed by atoms with Gasteiger partial charge in [-0.1, -0.05) is 11.6 Å². The molecule has 0 aliphatic carbocycles. The summed E-state index contributed by atoms with van der Waals surface area (Å²) in [6, 6.07) is 2.74. The summed E-state index contributed by atoms with van der Waals surface area (Å²) in [5, 5.41) is 2.70. The second-order valence-corrected chi connectivity index (χ2v) is 4.02. The van der Waals surface area contributed by atoms with Gasteiger partial charge in [-0.05, 0) is 34.7 Å². The number of nitrogens with one attached hydrogen (secondary N) is 1. The predicted molar refractivity (Wildman–Crippen MR) is 58.4 cm³/mol. The van der Waals surface area contributed by atoms with Gasteiger partial charge in [-0.15, -0.1) is 0 Å². The fourth-order valence-electron chi connectivity index (χ4n) is 0.838. The van der Waals surface area contributed by atoms with Crippen LogP contribution in [-0.2, 0) is 4.79 Å². The second-order valence-electron chi connectivity index (χ2n) is 2.43. The minimum atomic E-state index is -0.521. The highest BCUT2D eigenvalue weighted by Crippen LogP contribution is 2.25. The predicted octanol–water partition coefficient (Wildman–Crippen LogP) is 3.04. The minimum absolute atomic E-state index is 0.178. The maximum Gasteiger partial charge on any atom is 0.221 e. The molecular weight excluding hydrogens is 307 g/mol. The number of rotatable bonds is 1. The summed E-state index contributed by atoms with van der Waals surface area (Å²) >= 11 is 7.51. The largest absolute Gasteiger partial charge is 0.323 e. The van der Waals surface area contributed by atoms with Gasteiger partial charge in [-0.2, -0.15) is 0 Å². The Labute approximate surface area is 93.6 Å². The Morgan fingerprint density at radius 1 is 1.62 bits per heavy atom. The van der Waals surface area contributed by atoms with Gasteiger partial charge in [0.05, 0.1) is 5.69 Å². The van der Waals surface area contributed by atoms with Gasteiger partial charge in [-0.3, -0.25) is 4.79 Å². The first-order valence-electron chi connectivity index (χ1n) is 3.43. The van der Waals surface area contributed by atoms with Gasteiger partial charge in [0.2, 0.25) is 5.91 Å². The quantitative estimate of drug-likeness (QED) is 0.793. The molecule has 0 aromatic heterocycles. The average molecular weight is 313 g/mol. The van der Waals surface area contributed by atoms with Crippen LogP contribution < -0.4 is 5.32 Å². The van der Waals surface area contributed by atoms with Gasteiger partial charge in [0.25, 0.3) is 0 Å². The van der Waals surface area contributed by atoms with E-state index in [9.17, 15) is 9.18 Å². The summed E-state index contributed by atoms with van der Waals surface area (Å²) in [6.45, 7) is 1.32. The Balaban J connectivity index is 3.13. The summed E-state index contributed by atoms with van der Waals surface area (Å²) in [7, 11) is 0. The molecule has 0 saturated heterocycles. The zero-order valence-electron chi connectivity index (χ0n) is 6.70. The normalized spacial score (nSPS) is 9.85. The molecule has 0 heterocycles. The van der Waals surface area contributed by atoms with Crippen LogP contribution in [0.4, 0.5) is 10.1 Å². The molecule has 5 heteroatoms. The van der Waals surface area contributed by atoms with Crippen LogP contribution in [0.5, 0.6) is 0 Å². The fraction of sp³-hybridized carbons (Fsp3) is 0.125. The lowest BCUT2D eigenvalue weighted by atomic mass is 10.3. The van der Waals surface area contributed by atoms with Crippen molar-refractivity contribution in [3.63, 3.8) is 0 Å². The van der Waals surface area contributed by atoms with Crippen molar-refractivity contribution in [3.8, 4) is 0 Å². The monoisotopic (exact) mass is 313 g/mol. The van der Waals surface area contributed by atoms with Crippen LogP contribution in [0, 0.1) is 9.39 Å². The molecule has 0 aliphatic rings. The Hall–Kier alpha value is -0.360. The van der Waals surface area contributed by atoms with Crippen molar-refractivity contribution >= 4 is 45.8 Å². The zero-order chi connectivity index (χ0) is 10.0. The van der Waals surface area contributed by atoms with E-state index in [0.717, 1.165) is 6.07 Å². The number of halogens is 3. The highest BCUT2D eigenvalue weighted by Gasteiger charge is 2.09. The first kappa shape index (κ1) is 10.7. The molecular formula is C8H6ClFINO. The second kappa shape index (κ2) is 4.23. The zero-order valence-corrected chi connectivity index (χ0v) is 9.61. The lowest BCUT2D eigenvalue weighted by Crippen LogP contribution is -2.09. The average Bonchev–Trinajstić information content (AvgIpc) is 1.96. The fourth-order valence-corrected chi connectivity index (χ4v) is 1.95. The summed E-state index contributed by atoms with van der Waals surface area (Å²) in [6.07, 6.45) is 0. The number of amides is 1. The molecule has 2 nitrogen and oxygen atoms in total. The molecule has 1 aromatic carbocycles. The van der Waals surface area contributed by atoms with Crippen molar-refractivity contribution in [1.82, 2.24) is 0 Å². The third-order valence-electron chi connectivity index (χ3n) is 1.31. The van der Waals surface area contributed by atoms with Gasteiger partial charge in [0.15, 0.2) is 0 Å². The van der Waals surface area contributed by atoms with Crippen LogP contribution in [0.3, 0.4) is 0 Å². The lowest BCUT2D eigenvalue weighted by molar-refractivity contribution is -0.114. The lowest BCUT2D eigenvalue weighted by Gasteiger charge is -2.06. The molecule has 0 saturated carbocycles. The van der Waals surface area contributed by atoms with Gasteiger partial charge >= 0.3 is 0 Å². The van der Waals surface area contributed by atoms with E-state index >= 15 is 0 Å². The number of carbonyl (C=O) groups excluding carboxylic acids is 1. The first-order chi connectivity index (χ1) is 6.00. The van der Waals surface area contributed by atoms with Crippen LogP contribution in [0.15, 0.2) is 12.1 Å². The summed E-state index contributed by atoms with van der Waals surface area (Å²) in [5.74, 6) is -0.828. The number of carbonyl (C=O) groups is 1. The summed E-state index contributed by atoms with van der Waals surface area (Å²) < 4.78 is 13.7. The van der Waals surface area contributed by atoms with E-state index in [4.69, 9.17) is 11.6 Å². The number of benzene rings is 1. The molecule has 0 unspecified atom stereocenters. The van der Waals surface area contributed by atoms with Gasteiger partial charge in [0, 0.05) is 15.5 Å². The standard InChI is InChI=1S/C8H6ClFINO/c1-4(13)12-8-6(10)2-5(9)3-7(8)11/h2-3H,1H3,(H,12,13). The molecule has 1 N–H and O–H groups in total. The van der Waals surface area contributed by atoms with Gasteiger partial charge in [0.1, 0.15) is 5.82 Å². The van der Waals surface area contributed by atoms with Crippen molar-refractivity contribution in [3.05, 3.63) is 26.5 Å². The van der Waals surface area contributed by atoms with E-state index in [1.807, 2.05) is 22.6 Å². The highest BCUT2D eigenvalue weighted by molar-refractivity contribution is 14.1. The number of hydrogen-bond donors (Lipinski definition) is 1. The Bertz CT molecular complexity index is 333. The minimum Gasteiger partial charge on any atom is -0.323 e. The molecule has 0 radical (unpaired) electrons. The van der Waals surface area contributed by atoms with Crippen molar-refractivity contribution in [1.29, 1.82) is 0 Å².